The zero-order valence-corrected chi connectivity index (χ0v) is 13.6. The highest BCUT2D eigenvalue weighted by molar-refractivity contribution is 6.30. The maximum Gasteiger partial charge on any atom is 0.330 e. The lowest BCUT2D eigenvalue weighted by atomic mass is 10.0. The number of ether oxygens (including phenoxy) is 1. The largest absolute Gasteiger partial charge is 0.463 e. The lowest BCUT2D eigenvalue weighted by Gasteiger charge is -2.06. The summed E-state index contributed by atoms with van der Waals surface area (Å²) in [6.07, 6.45) is 6.66. The van der Waals surface area contributed by atoms with E-state index in [1.165, 1.54) is 18.1 Å². The lowest BCUT2D eigenvalue weighted by Crippen LogP contribution is -2.00. The van der Waals surface area contributed by atoms with Crippen molar-refractivity contribution in [2.75, 3.05) is 6.61 Å². The number of carbonyl (C=O) groups excluding carboxylic acids is 1. The van der Waals surface area contributed by atoms with Crippen LogP contribution in [-0.2, 0) is 16.0 Å². The van der Waals surface area contributed by atoms with Crippen LogP contribution in [-0.4, -0.2) is 12.6 Å². The number of aryl methyl sites for hydroxylation is 1. The standard InChI is InChI=1S/C19H21ClO2/c1-2-22-18(21)11-10-15-17(20)12-16-14(19(15)16)9-8-13-6-4-3-5-7-13/h3-7,10-11,14,16,19H,2,8-9,12H2,1H3/b11-10+/t14-,16+,19+/m0/s1. The first-order valence-corrected chi connectivity index (χ1v) is 8.35. The van der Waals surface area contributed by atoms with Gasteiger partial charge in [-0.25, -0.2) is 4.79 Å². The molecule has 0 unspecified atom stereocenters. The number of fused-ring (bicyclic) bond motifs is 1. The molecule has 0 amide bonds. The molecule has 22 heavy (non-hydrogen) atoms. The monoisotopic (exact) mass is 316 g/mol. The van der Waals surface area contributed by atoms with Crippen LogP contribution < -0.4 is 0 Å². The van der Waals surface area contributed by atoms with E-state index < -0.39 is 0 Å². The summed E-state index contributed by atoms with van der Waals surface area (Å²) in [4.78, 5) is 11.4. The van der Waals surface area contributed by atoms with Gasteiger partial charge in [0.25, 0.3) is 0 Å². The zero-order chi connectivity index (χ0) is 15.5. The van der Waals surface area contributed by atoms with Crippen molar-refractivity contribution >= 4 is 17.6 Å². The van der Waals surface area contributed by atoms with Gasteiger partial charge in [-0.05, 0) is 55.1 Å². The van der Waals surface area contributed by atoms with Gasteiger partial charge in [0.15, 0.2) is 0 Å². The summed E-state index contributed by atoms with van der Waals surface area (Å²) in [5.74, 6) is 1.65. The Labute approximate surface area is 136 Å². The Morgan fingerprint density at radius 2 is 2.14 bits per heavy atom. The van der Waals surface area contributed by atoms with E-state index in [0.29, 0.717) is 24.4 Å². The van der Waals surface area contributed by atoms with E-state index in [2.05, 4.69) is 30.3 Å². The second-order valence-corrected chi connectivity index (χ2v) is 6.48. The molecule has 1 aromatic rings. The van der Waals surface area contributed by atoms with Gasteiger partial charge in [0, 0.05) is 11.1 Å². The van der Waals surface area contributed by atoms with Crippen LogP contribution in [0.4, 0.5) is 0 Å². The molecule has 0 N–H and O–H groups in total. The Bertz CT molecular complexity index is 603. The molecular formula is C19H21ClO2. The summed E-state index contributed by atoms with van der Waals surface area (Å²) >= 11 is 6.32. The number of halogens is 1. The van der Waals surface area contributed by atoms with Gasteiger partial charge in [0.05, 0.1) is 6.61 Å². The van der Waals surface area contributed by atoms with E-state index in [0.717, 1.165) is 23.4 Å². The van der Waals surface area contributed by atoms with Gasteiger partial charge in [0.2, 0.25) is 0 Å². The third kappa shape index (κ3) is 3.27. The summed E-state index contributed by atoms with van der Waals surface area (Å²) < 4.78 is 4.93. The molecule has 0 saturated heterocycles. The van der Waals surface area contributed by atoms with Crippen LogP contribution in [0.3, 0.4) is 0 Å². The van der Waals surface area contributed by atoms with E-state index in [1.807, 2.05) is 13.0 Å². The molecular weight excluding hydrogens is 296 g/mol. The van der Waals surface area contributed by atoms with Gasteiger partial charge in [-0.1, -0.05) is 48.0 Å². The van der Waals surface area contributed by atoms with Gasteiger partial charge in [-0.2, -0.15) is 0 Å². The SMILES string of the molecule is CCOC(=O)/C=C/C1=C(Cl)C[C@@H]2[C@H](CCc3ccccc3)[C@H]12. The number of benzene rings is 1. The van der Waals surface area contributed by atoms with Crippen molar-refractivity contribution in [3.8, 4) is 0 Å². The fraction of sp³-hybridized carbons (Fsp3) is 0.421. The molecule has 0 bridgehead atoms. The summed E-state index contributed by atoms with van der Waals surface area (Å²) in [7, 11) is 0. The van der Waals surface area contributed by atoms with Gasteiger partial charge in [0.1, 0.15) is 0 Å². The van der Waals surface area contributed by atoms with Crippen LogP contribution in [0.25, 0.3) is 0 Å². The lowest BCUT2D eigenvalue weighted by molar-refractivity contribution is -0.137. The van der Waals surface area contributed by atoms with Crippen LogP contribution in [0.15, 0.2) is 53.1 Å². The maximum atomic E-state index is 11.4. The predicted molar refractivity (Wildman–Crippen MR) is 88.5 cm³/mol. The minimum absolute atomic E-state index is 0.288. The molecule has 2 aliphatic carbocycles. The highest BCUT2D eigenvalue weighted by Crippen LogP contribution is 2.62. The molecule has 2 nitrogen and oxygen atoms in total. The fourth-order valence-corrected chi connectivity index (χ4v) is 3.98. The van der Waals surface area contributed by atoms with Crippen LogP contribution in [0.2, 0.25) is 0 Å². The van der Waals surface area contributed by atoms with E-state index in [9.17, 15) is 4.79 Å². The summed E-state index contributed by atoms with van der Waals surface area (Å²) in [5.41, 5.74) is 2.55. The van der Waals surface area contributed by atoms with E-state index in [-0.39, 0.29) is 5.97 Å². The molecule has 0 spiro atoms. The van der Waals surface area contributed by atoms with Crippen LogP contribution in [0.5, 0.6) is 0 Å². The molecule has 116 valence electrons. The van der Waals surface area contributed by atoms with Crippen molar-refractivity contribution in [1.82, 2.24) is 0 Å². The molecule has 0 radical (unpaired) electrons. The van der Waals surface area contributed by atoms with Gasteiger partial charge in [-0.3, -0.25) is 0 Å². The molecule has 1 aromatic carbocycles. The van der Waals surface area contributed by atoms with Crippen LogP contribution >= 0.6 is 11.6 Å². The molecule has 3 atom stereocenters. The molecule has 0 heterocycles. The Kier molecular flexibility index (Phi) is 4.68. The van der Waals surface area contributed by atoms with Gasteiger partial charge >= 0.3 is 5.97 Å². The average molecular weight is 317 g/mol. The maximum absolute atomic E-state index is 11.4. The number of esters is 1. The van der Waals surface area contributed by atoms with Gasteiger partial charge < -0.3 is 4.74 Å². The fourth-order valence-electron chi connectivity index (χ4n) is 3.61. The minimum Gasteiger partial charge on any atom is -0.463 e. The van der Waals surface area contributed by atoms with Crippen molar-refractivity contribution in [3.05, 3.63) is 58.7 Å². The first-order chi connectivity index (χ1) is 10.7. The number of rotatable bonds is 6. The molecule has 1 fully saturated rings. The smallest absolute Gasteiger partial charge is 0.330 e. The first-order valence-electron chi connectivity index (χ1n) is 7.98. The average Bonchev–Trinajstić information content (AvgIpc) is 3.08. The third-order valence-electron chi connectivity index (χ3n) is 4.71. The number of carbonyl (C=O) groups is 1. The highest BCUT2D eigenvalue weighted by Gasteiger charge is 2.55. The number of hydrogen-bond acceptors (Lipinski definition) is 2. The number of allylic oxidation sites excluding steroid dienone is 3. The normalized spacial score (nSPS) is 26.4. The predicted octanol–water partition coefficient (Wildman–Crippen LogP) is 4.50. The van der Waals surface area contributed by atoms with Crippen LogP contribution in [0.1, 0.15) is 25.3 Å². The van der Waals surface area contributed by atoms with Crippen molar-refractivity contribution in [3.63, 3.8) is 0 Å². The Morgan fingerprint density at radius 3 is 2.86 bits per heavy atom. The summed E-state index contributed by atoms with van der Waals surface area (Å²) in [6.45, 7) is 2.21. The van der Waals surface area contributed by atoms with E-state index >= 15 is 0 Å². The Morgan fingerprint density at radius 1 is 1.36 bits per heavy atom. The highest BCUT2D eigenvalue weighted by atomic mass is 35.5. The second-order valence-electron chi connectivity index (χ2n) is 6.03. The third-order valence-corrected chi connectivity index (χ3v) is 5.09. The second kappa shape index (κ2) is 6.70. The molecule has 3 heteroatoms. The topological polar surface area (TPSA) is 26.3 Å². The molecule has 1 saturated carbocycles. The quantitative estimate of drug-likeness (QED) is 0.570. The molecule has 0 aliphatic heterocycles. The van der Waals surface area contributed by atoms with Crippen molar-refractivity contribution in [2.45, 2.75) is 26.2 Å². The van der Waals surface area contributed by atoms with E-state index in [4.69, 9.17) is 16.3 Å². The van der Waals surface area contributed by atoms with Crippen molar-refractivity contribution in [1.29, 1.82) is 0 Å². The Balaban J connectivity index is 1.56. The van der Waals surface area contributed by atoms with Crippen molar-refractivity contribution < 1.29 is 9.53 Å². The summed E-state index contributed by atoms with van der Waals surface area (Å²) in [5, 5.41) is 0.923. The Hall–Kier alpha value is -1.54. The molecule has 0 aromatic heterocycles. The molecule has 3 rings (SSSR count). The van der Waals surface area contributed by atoms with Gasteiger partial charge in [-0.15, -0.1) is 0 Å². The summed E-state index contributed by atoms with van der Waals surface area (Å²) in [6, 6.07) is 10.6. The molecule has 2 aliphatic rings. The zero-order valence-electron chi connectivity index (χ0n) is 12.8. The van der Waals surface area contributed by atoms with Crippen molar-refractivity contribution in [2.24, 2.45) is 17.8 Å². The van der Waals surface area contributed by atoms with E-state index in [1.54, 1.807) is 0 Å². The minimum atomic E-state index is -0.288. The number of hydrogen-bond donors (Lipinski definition) is 0. The van der Waals surface area contributed by atoms with Crippen LogP contribution in [0, 0.1) is 17.8 Å². The first kappa shape index (κ1) is 15.4.